The number of furan rings is 1. The van der Waals surface area contributed by atoms with Crippen LogP contribution in [0.15, 0.2) is 38.7 Å². The second-order valence-corrected chi connectivity index (χ2v) is 8.54. The SMILES string of the molecule is Cc1cc(C)cc(N2C(=O)/C(=C/c3cc(Br)c(N4CCCC4)o3)C(=O)NC2=S)c1. The van der Waals surface area contributed by atoms with Crippen molar-refractivity contribution in [2.24, 2.45) is 0 Å². The van der Waals surface area contributed by atoms with E-state index in [9.17, 15) is 9.59 Å². The Bertz CT molecular complexity index is 1030. The summed E-state index contributed by atoms with van der Waals surface area (Å²) in [5.74, 6) is 0.153. The van der Waals surface area contributed by atoms with Gasteiger partial charge >= 0.3 is 0 Å². The van der Waals surface area contributed by atoms with Crippen molar-refractivity contribution >= 4 is 62.7 Å². The van der Waals surface area contributed by atoms with Crippen LogP contribution in [0.2, 0.25) is 0 Å². The maximum atomic E-state index is 13.2. The maximum Gasteiger partial charge on any atom is 0.270 e. The van der Waals surface area contributed by atoms with Crippen LogP contribution in [0, 0.1) is 13.8 Å². The number of rotatable bonds is 3. The van der Waals surface area contributed by atoms with E-state index in [0.717, 1.165) is 47.4 Å². The molecule has 0 bridgehead atoms. The van der Waals surface area contributed by atoms with Crippen LogP contribution in [0.5, 0.6) is 0 Å². The molecule has 0 saturated carbocycles. The molecule has 1 aromatic carbocycles. The Kier molecular flexibility index (Phi) is 5.31. The first kappa shape index (κ1) is 19.8. The van der Waals surface area contributed by atoms with Crippen LogP contribution >= 0.6 is 28.1 Å². The molecule has 4 rings (SSSR count). The Labute approximate surface area is 182 Å². The molecule has 3 heterocycles. The number of aryl methyl sites for hydroxylation is 2. The predicted molar refractivity (Wildman–Crippen MR) is 120 cm³/mol. The minimum Gasteiger partial charge on any atom is -0.440 e. The van der Waals surface area contributed by atoms with E-state index in [1.165, 1.54) is 11.0 Å². The highest BCUT2D eigenvalue weighted by Gasteiger charge is 2.35. The third-order valence-electron chi connectivity index (χ3n) is 4.93. The lowest BCUT2D eigenvalue weighted by atomic mass is 10.1. The molecule has 2 aliphatic heterocycles. The molecular formula is C21H20BrN3O3S. The van der Waals surface area contributed by atoms with Crippen LogP contribution in [0.1, 0.15) is 29.7 Å². The number of carbonyl (C=O) groups is 2. The lowest BCUT2D eigenvalue weighted by Gasteiger charge is -2.29. The third kappa shape index (κ3) is 3.86. The summed E-state index contributed by atoms with van der Waals surface area (Å²) in [5.41, 5.74) is 2.61. The van der Waals surface area contributed by atoms with E-state index >= 15 is 0 Å². The van der Waals surface area contributed by atoms with Crippen molar-refractivity contribution in [2.45, 2.75) is 26.7 Å². The van der Waals surface area contributed by atoms with Gasteiger partial charge in [0, 0.05) is 19.2 Å². The van der Waals surface area contributed by atoms with Gasteiger partial charge in [0.15, 0.2) is 5.11 Å². The van der Waals surface area contributed by atoms with Gasteiger partial charge in [-0.1, -0.05) is 6.07 Å². The summed E-state index contributed by atoms with van der Waals surface area (Å²) in [6.07, 6.45) is 3.71. The van der Waals surface area contributed by atoms with Crippen LogP contribution in [0.3, 0.4) is 0 Å². The monoisotopic (exact) mass is 473 g/mol. The molecule has 150 valence electrons. The smallest absolute Gasteiger partial charge is 0.270 e. The molecule has 1 N–H and O–H groups in total. The fourth-order valence-electron chi connectivity index (χ4n) is 3.70. The standard InChI is InChI=1S/C21H20BrN3O3S/c1-12-7-13(2)9-14(8-12)25-19(27)16(18(26)23-21(25)29)10-15-11-17(22)20(28-15)24-5-3-4-6-24/h7-11H,3-6H2,1-2H3,(H,23,26,29)/b16-10+. The van der Waals surface area contributed by atoms with E-state index in [1.807, 2.05) is 32.0 Å². The number of carbonyl (C=O) groups excluding carboxylic acids is 2. The van der Waals surface area contributed by atoms with Gasteiger partial charge < -0.3 is 9.32 Å². The van der Waals surface area contributed by atoms with E-state index < -0.39 is 11.8 Å². The molecule has 6 nitrogen and oxygen atoms in total. The second kappa shape index (κ2) is 7.76. The van der Waals surface area contributed by atoms with Gasteiger partial charge in [-0.2, -0.15) is 0 Å². The zero-order valence-corrected chi connectivity index (χ0v) is 18.5. The highest BCUT2D eigenvalue weighted by Crippen LogP contribution is 2.34. The molecule has 1 aromatic heterocycles. The molecule has 2 amide bonds. The van der Waals surface area contributed by atoms with Crippen LogP contribution in [-0.4, -0.2) is 30.0 Å². The summed E-state index contributed by atoms with van der Waals surface area (Å²) >= 11 is 8.79. The lowest BCUT2D eigenvalue weighted by Crippen LogP contribution is -2.54. The largest absolute Gasteiger partial charge is 0.440 e. The minimum absolute atomic E-state index is 0.0213. The van der Waals surface area contributed by atoms with Gasteiger partial charge in [0.1, 0.15) is 11.3 Å². The molecule has 2 fully saturated rings. The first-order valence-corrected chi connectivity index (χ1v) is 10.6. The Morgan fingerprint density at radius 1 is 1.10 bits per heavy atom. The van der Waals surface area contributed by atoms with Crippen LogP contribution < -0.4 is 15.1 Å². The van der Waals surface area contributed by atoms with E-state index in [0.29, 0.717) is 11.4 Å². The van der Waals surface area contributed by atoms with Gasteiger partial charge in [0.2, 0.25) is 5.88 Å². The number of benzene rings is 1. The fourth-order valence-corrected chi connectivity index (χ4v) is 4.54. The van der Waals surface area contributed by atoms with Gasteiger partial charge in [-0.3, -0.25) is 19.8 Å². The molecule has 2 saturated heterocycles. The van der Waals surface area contributed by atoms with Crippen molar-refractivity contribution in [1.82, 2.24) is 5.32 Å². The molecule has 0 unspecified atom stereocenters. The van der Waals surface area contributed by atoms with E-state index in [1.54, 1.807) is 6.07 Å². The summed E-state index contributed by atoms with van der Waals surface area (Å²) in [5, 5.41) is 2.68. The van der Waals surface area contributed by atoms with Crippen molar-refractivity contribution in [3.05, 3.63) is 51.2 Å². The molecule has 29 heavy (non-hydrogen) atoms. The summed E-state index contributed by atoms with van der Waals surface area (Å²) in [6, 6.07) is 7.51. The van der Waals surface area contributed by atoms with Crippen LogP contribution in [0.25, 0.3) is 6.08 Å². The van der Waals surface area contributed by atoms with Crippen LogP contribution in [-0.2, 0) is 9.59 Å². The van der Waals surface area contributed by atoms with Gasteiger partial charge in [0.05, 0.1) is 10.2 Å². The highest BCUT2D eigenvalue weighted by atomic mass is 79.9. The number of halogens is 1. The van der Waals surface area contributed by atoms with E-state index in [-0.39, 0.29) is 10.7 Å². The molecule has 2 aliphatic rings. The first-order chi connectivity index (χ1) is 13.8. The predicted octanol–water partition coefficient (Wildman–Crippen LogP) is 4.09. The van der Waals surface area contributed by atoms with Gasteiger partial charge in [-0.15, -0.1) is 0 Å². The fraction of sp³-hybridized carbons (Fsp3) is 0.286. The Hall–Kier alpha value is -2.45. The lowest BCUT2D eigenvalue weighted by molar-refractivity contribution is -0.122. The number of nitrogens with one attached hydrogen (secondary N) is 1. The summed E-state index contributed by atoms with van der Waals surface area (Å²) in [7, 11) is 0. The topological polar surface area (TPSA) is 65.8 Å². The third-order valence-corrected chi connectivity index (χ3v) is 5.79. The number of thiocarbonyl (C=S) groups is 1. The number of hydrogen-bond acceptors (Lipinski definition) is 5. The van der Waals surface area contributed by atoms with Crippen molar-refractivity contribution < 1.29 is 14.0 Å². The van der Waals surface area contributed by atoms with Gasteiger partial charge in [0.25, 0.3) is 11.8 Å². The Morgan fingerprint density at radius 2 is 1.76 bits per heavy atom. The van der Waals surface area contributed by atoms with Crippen LogP contribution in [0.4, 0.5) is 11.6 Å². The zero-order chi connectivity index (χ0) is 20.7. The zero-order valence-electron chi connectivity index (χ0n) is 16.1. The second-order valence-electron chi connectivity index (χ2n) is 7.30. The summed E-state index contributed by atoms with van der Waals surface area (Å²) in [6.45, 7) is 5.75. The minimum atomic E-state index is -0.532. The normalized spacial score (nSPS) is 18.7. The summed E-state index contributed by atoms with van der Waals surface area (Å²) < 4.78 is 6.73. The number of anilines is 2. The average Bonchev–Trinajstić information content (AvgIpc) is 3.27. The molecule has 0 aliphatic carbocycles. The maximum absolute atomic E-state index is 13.2. The Balaban J connectivity index is 1.69. The van der Waals surface area contributed by atoms with E-state index in [2.05, 4.69) is 26.1 Å². The van der Waals surface area contributed by atoms with Gasteiger partial charge in [-0.05, 0) is 84.2 Å². The molecular weight excluding hydrogens is 454 g/mol. The number of amides is 2. The molecule has 2 aromatic rings. The van der Waals surface area contributed by atoms with Crippen molar-refractivity contribution in [2.75, 3.05) is 22.9 Å². The van der Waals surface area contributed by atoms with Gasteiger partial charge in [-0.25, -0.2) is 0 Å². The molecule has 0 spiro atoms. The number of hydrogen-bond donors (Lipinski definition) is 1. The number of nitrogens with zero attached hydrogens (tertiary/aromatic N) is 2. The quantitative estimate of drug-likeness (QED) is 0.413. The molecule has 8 heteroatoms. The van der Waals surface area contributed by atoms with Crippen molar-refractivity contribution in [3.63, 3.8) is 0 Å². The molecule has 0 atom stereocenters. The summed E-state index contributed by atoms with van der Waals surface area (Å²) in [4.78, 5) is 29.2. The van der Waals surface area contributed by atoms with Crippen molar-refractivity contribution in [3.8, 4) is 0 Å². The average molecular weight is 474 g/mol. The molecule has 0 radical (unpaired) electrons. The van der Waals surface area contributed by atoms with E-state index in [4.69, 9.17) is 16.6 Å². The highest BCUT2D eigenvalue weighted by molar-refractivity contribution is 9.10. The Morgan fingerprint density at radius 3 is 2.41 bits per heavy atom. The van der Waals surface area contributed by atoms with Crippen molar-refractivity contribution in [1.29, 1.82) is 0 Å². The first-order valence-electron chi connectivity index (χ1n) is 9.37.